The van der Waals surface area contributed by atoms with Crippen LogP contribution in [0.3, 0.4) is 0 Å². The Kier molecular flexibility index (Phi) is 3.03. The van der Waals surface area contributed by atoms with Gasteiger partial charge in [0.2, 0.25) is 6.79 Å². The normalized spacial score (nSPS) is 12.9. The lowest BCUT2D eigenvalue weighted by Crippen LogP contribution is -2.19. The molecule has 0 aliphatic carbocycles. The molecule has 0 fully saturated rings. The molecule has 0 amide bonds. The van der Waals surface area contributed by atoms with Crippen molar-refractivity contribution in [1.82, 2.24) is 5.32 Å². The van der Waals surface area contributed by atoms with E-state index < -0.39 is 0 Å². The van der Waals surface area contributed by atoms with Crippen LogP contribution >= 0.6 is 11.6 Å². The average Bonchev–Trinajstić information content (AvgIpc) is 2.71. The zero-order valence-electron chi connectivity index (χ0n) is 9.09. The molecule has 1 N–H and O–H groups in total. The number of halogens is 1. The van der Waals surface area contributed by atoms with E-state index in [0.29, 0.717) is 22.1 Å². The molecular weight excluding hydrogens is 230 g/mol. The van der Waals surface area contributed by atoms with Crippen molar-refractivity contribution >= 4 is 17.4 Å². The number of Topliss-reactive ketones (excluding diaryl/α,β-unsaturated/α-hetero) is 1. The molecule has 1 aromatic rings. The third kappa shape index (κ3) is 1.74. The highest BCUT2D eigenvalue weighted by atomic mass is 35.5. The fourth-order valence-corrected chi connectivity index (χ4v) is 1.89. The van der Waals surface area contributed by atoms with E-state index in [9.17, 15) is 4.79 Å². The number of likely N-dealkylation sites (N-methyl/N-ethyl adjacent to an activating group) is 1. The molecule has 2 rings (SSSR count). The summed E-state index contributed by atoms with van der Waals surface area (Å²) in [6, 6.07) is 1.64. The fourth-order valence-electron chi connectivity index (χ4n) is 1.64. The zero-order valence-corrected chi connectivity index (χ0v) is 9.85. The lowest BCUT2D eigenvalue weighted by molar-refractivity contribution is 0.0993. The second-order valence-electron chi connectivity index (χ2n) is 3.55. The molecule has 0 aromatic heterocycles. The summed E-state index contributed by atoms with van der Waals surface area (Å²) in [5, 5.41) is 3.23. The van der Waals surface area contributed by atoms with E-state index in [0.717, 1.165) is 5.56 Å². The van der Waals surface area contributed by atoms with Crippen LogP contribution in [0.1, 0.15) is 15.9 Å². The van der Waals surface area contributed by atoms with Crippen LogP contribution in [-0.2, 0) is 0 Å². The molecule has 0 spiro atoms. The van der Waals surface area contributed by atoms with Crippen LogP contribution in [0.25, 0.3) is 0 Å². The van der Waals surface area contributed by atoms with Gasteiger partial charge >= 0.3 is 0 Å². The van der Waals surface area contributed by atoms with Gasteiger partial charge < -0.3 is 14.8 Å². The summed E-state index contributed by atoms with van der Waals surface area (Å²) in [5.41, 5.74) is 1.22. The largest absolute Gasteiger partial charge is 0.454 e. The first-order chi connectivity index (χ1) is 7.65. The van der Waals surface area contributed by atoms with E-state index >= 15 is 0 Å². The summed E-state index contributed by atoms with van der Waals surface area (Å²) in [4.78, 5) is 11.8. The van der Waals surface area contributed by atoms with Crippen molar-refractivity contribution in [1.29, 1.82) is 0 Å². The van der Waals surface area contributed by atoms with E-state index in [1.54, 1.807) is 13.1 Å². The Morgan fingerprint density at radius 3 is 3.00 bits per heavy atom. The number of carbonyl (C=O) groups is 1. The number of benzene rings is 1. The highest BCUT2D eigenvalue weighted by molar-refractivity contribution is 6.35. The van der Waals surface area contributed by atoms with Crippen LogP contribution in [-0.4, -0.2) is 26.2 Å². The topological polar surface area (TPSA) is 47.6 Å². The van der Waals surface area contributed by atoms with E-state index in [1.807, 2.05) is 6.92 Å². The van der Waals surface area contributed by atoms with Gasteiger partial charge in [-0.15, -0.1) is 0 Å². The second-order valence-corrected chi connectivity index (χ2v) is 3.93. The van der Waals surface area contributed by atoms with Crippen molar-refractivity contribution in [2.24, 2.45) is 0 Å². The summed E-state index contributed by atoms with van der Waals surface area (Å²) < 4.78 is 10.5. The van der Waals surface area contributed by atoms with E-state index in [4.69, 9.17) is 21.1 Å². The maximum absolute atomic E-state index is 11.8. The van der Waals surface area contributed by atoms with E-state index in [2.05, 4.69) is 5.32 Å². The van der Waals surface area contributed by atoms with Crippen molar-refractivity contribution in [2.75, 3.05) is 20.4 Å². The fraction of sp³-hybridized carbons (Fsp3) is 0.364. The summed E-state index contributed by atoms with van der Waals surface area (Å²) in [5.74, 6) is 1.15. The summed E-state index contributed by atoms with van der Waals surface area (Å²) in [7, 11) is 1.71. The maximum Gasteiger partial charge on any atom is 0.231 e. The Morgan fingerprint density at radius 1 is 1.56 bits per heavy atom. The number of rotatable bonds is 3. The summed E-state index contributed by atoms with van der Waals surface area (Å²) >= 11 is 6.12. The van der Waals surface area contributed by atoms with E-state index in [1.165, 1.54) is 0 Å². The van der Waals surface area contributed by atoms with Crippen molar-refractivity contribution in [3.8, 4) is 11.5 Å². The minimum Gasteiger partial charge on any atom is -0.454 e. The van der Waals surface area contributed by atoms with E-state index in [-0.39, 0.29) is 19.1 Å². The van der Waals surface area contributed by atoms with Crippen molar-refractivity contribution in [2.45, 2.75) is 6.92 Å². The third-order valence-electron chi connectivity index (χ3n) is 2.46. The Labute approximate surface area is 98.5 Å². The van der Waals surface area contributed by atoms with Crippen molar-refractivity contribution in [3.63, 3.8) is 0 Å². The molecule has 1 aromatic carbocycles. The molecule has 0 bridgehead atoms. The zero-order chi connectivity index (χ0) is 11.7. The van der Waals surface area contributed by atoms with Gasteiger partial charge in [0, 0.05) is 11.1 Å². The minimum absolute atomic E-state index is 0.0612. The van der Waals surface area contributed by atoms with Crippen LogP contribution in [0.2, 0.25) is 5.02 Å². The molecule has 1 heterocycles. The van der Waals surface area contributed by atoms with Crippen LogP contribution in [0.4, 0.5) is 0 Å². The Morgan fingerprint density at radius 2 is 2.31 bits per heavy atom. The Bertz CT molecular complexity index is 445. The minimum atomic E-state index is -0.0612. The molecule has 16 heavy (non-hydrogen) atoms. The Hall–Kier alpha value is -1.26. The lowest BCUT2D eigenvalue weighted by atomic mass is 10.1. The predicted molar refractivity (Wildman–Crippen MR) is 60.6 cm³/mol. The van der Waals surface area contributed by atoms with Crippen LogP contribution in [0, 0.1) is 6.92 Å². The quantitative estimate of drug-likeness (QED) is 0.820. The molecular formula is C11H12ClNO3. The number of hydrogen-bond acceptors (Lipinski definition) is 4. The van der Waals surface area contributed by atoms with Gasteiger partial charge in [0.1, 0.15) is 0 Å². The van der Waals surface area contributed by atoms with Crippen molar-refractivity contribution < 1.29 is 14.3 Å². The average molecular weight is 242 g/mol. The van der Waals surface area contributed by atoms with Gasteiger partial charge in [0.15, 0.2) is 17.3 Å². The molecule has 0 radical (unpaired) electrons. The van der Waals surface area contributed by atoms with Gasteiger partial charge in [-0.3, -0.25) is 4.79 Å². The standard InChI is InChI=1S/C11H12ClNO3/c1-6-10(12)7(8(14)4-13-2)3-9-11(6)16-5-15-9/h3,13H,4-5H2,1-2H3. The first kappa shape index (κ1) is 11.2. The van der Waals surface area contributed by atoms with Gasteiger partial charge in [-0.25, -0.2) is 0 Å². The molecule has 5 heteroatoms. The molecule has 1 aliphatic heterocycles. The van der Waals surface area contributed by atoms with Crippen LogP contribution in [0.15, 0.2) is 6.07 Å². The number of fused-ring (bicyclic) bond motifs is 1. The molecule has 1 aliphatic rings. The number of hydrogen-bond donors (Lipinski definition) is 1. The molecule has 0 saturated carbocycles. The first-order valence-electron chi connectivity index (χ1n) is 4.91. The smallest absolute Gasteiger partial charge is 0.231 e. The van der Waals surface area contributed by atoms with Gasteiger partial charge in [0.05, 0.1) is 11.6 Å². The van der Waals surface area contributed by atoms with Gasteiger partial charge in [0.25, 0.3) is 0 Å². The maximum atomic E-state index is 11.8. The van der Waals surface area contributed by atoms with Gasteiger partial charge in [-0.2, -0.15) is 0 Å². The molecule has 0 atom stereocenters. The lowest BCUT2D eigenvalue weighted by Gasteiger charge is -2.08. The number of carbonyl (C=O) groups excluding carboxylic acids is 1. The Balaban J connectivity index is 2.47. The van der Waals surface area contributed by atoms with Crippen LogP contribution < -0.4 is 14.8 Å². The summed E-state index contributed by atoms with van der Waals surface area (Å²) in [6.45, 7) is 2.24. The highest BCUT2D eigenvalue weighted by Crippen LogP contribution is 2.41. The third-order valence-corrected chi connectivity index (χ3v) is 2.95. The second kappa shape index (κ2) is 4.31. The highest BCUT2D eigenvalue weighted by Gasteiger charge is 2.23. The number of ether oxygens (including phenoxy) is 2. The number of ketones is 1. The first-order valence-corrected chi connectivity index (χ1v) is 5.29. The molecule has 0 unspecified atom stereocenters. The summed E-state index contributed by atoms with van der Waals surface area (Å²) in [6.07, 6.45) is 0. The molecule has 4 nitrogen and oxygen atoms in total. The molecule has 86 valence electrons. The SMILES string of the molecule is CNCC(=O)c1cc2c(c(C)c1Cl)OCO2. The van der Waals surface area contributed by atoms with Crippen molar-refractivity contribution in [3.05, 3.63) is 22.2 Å². The number of nitrogens with one attached hydrogen (secondary N) is 1. The predicted octanol–water partition coefficient (Wildman–Crippen LogP) is 1.78. The van der Waals surface area contributed by atoms with Gasteiger partial charge in [-0.1, -0.05) is 11.6 Å². The van der Waals surface area contributed by atoms with Gasteiger partial charge in [-0.05, 0) is 20.0 Å². The monoisotopic (exact) mass is 241 g/mol. The molecule has 0 saturated heterocycles. The van der Waals surface area contributed by atoms with Crippen LogP contribution in [0.5, 0.6) is 11.5 Å².